The number of nitrogens with zero attached hydrogens (tertiary/aromatic N) is 4. The highest BCUT2D eigenvalue weighted by molar-refractivity contribution is 6.21. The van der Waals surface area contributed by atoms with Gasteiger partial charge in [-0.2, -0.15) is 0 Å². The monoisotopic (exact) mass is 630 g/mol. The van der Waals surface area contributed by atoms with Crippen LogP contribution in [0.25, 0.3) is 89.5 Å². The molecule has 0 aliphatic carbocycles. The molecule has 0 fully saturated rings. The number of aromatic nitrogens is 4. The van der Waals surface area contributed by atoms with Gasteiger partial charge >= 0.3 is 0 Å². The lowest BCUT2D eigenvalue weighted by atomic mass is 10.1. The Hall–Kier alpha value is -6.59. The zero-order valence-corrected chi connectivity index (χ0v) is 26.8. The van der Waals surface area contributed by atoms with Gasteiger partial charge in [-0.1, -0.05) is 122 Å². The van der Waals surface area contributed by atoms with Crippen molar-refractivity contribution in [2.24, 2.45) is 0 Å². The molecule has 0 saturated heterocycles. The fourth-order valence-corrected chi connectivity index (χ4v) is 6.82. The van der Waals surface area contributed by atoms with Crippen LogP contribution in [0.5, 0.6) is 0 Å². The van der Waals surface area contributed by atoms with Gasteiger partial charge < -0.3 is 8.98 Å². The first-order chi connectivity index (χ1) is 24.2. The van der Waals surface area contributed by atoms with Crippen molar-refractivity contribution in [2.45, 2.75) is 6.92 Å². The van der Waals surface area contributed by atoms with Gasteiger partial charge in [0.1, 0.15) is 5.52 Å². The van der Waals surface area contributed by atoms with E-state index in [9.17, 15) is 0 Å². The van der Waals surface area contributed by atoms with E-state index in [1.54, 1.807) is 6.08 Å². The second-order valence-electron chi connectivity index (χ2n) is 12.1. The average Bonchev–Trinajstić information content (AvgIpc) is 3.72. The first-order valence-corrected chi connectivity index (χ1v) is 16.3. The summed E-state index contributed by atoms with van der Waals surface area (Å²) in [5.74, 6) is 0.664. The normalized spacial score (nSPS) is 11.8. The van der Waals surface area contributed by atoms with Gasteiger partial charge in [-0.25, -0.2) is 9.97 Å². The van der Waals surface area contributed by atoms with E-state index in [1.807, 2.05) is 54.7 Å². The molecule has 0 unspecified atom stereocenters. The second-order valence-corrected chi connectivity index (χ2v) is 12.1. The van der Waals surface area contributed by atoms with Crippen molar-refractivity contribution in [3.05, 3.63) is 163 Å². The fourth-order valence-electron chi connectivity index (χ4n) is 6.82. The maximum Gasteiger partial charge on any atom is 0.161 e. The van der Waals surface area contributed by atoms with E-state index >= 15 is 0 Å². The van der Waals surface area contributed by atoms with Crippen molar-refractivity contribution in [2.75, 3.05) is 0 Å². The van der Waals surface area contributed by atoms with Gasteiger partial charge in [0.05, 0.1) is 22.4 Å². The topological polar surface area (TPSA) is 56.7 Å². The quantitative estimate of drug-likeness (QED) is 0.172. The van der Waals surface area contributed by atoms with E-state index in [-0.39, 0.29) is 0 Å². The Morgan fingerprint density at radius 3 is 2.06 bits per heavy atom. The van der Waals surface area contributed by atoms with Crippen LogP contribution in [-0.2, 0) is 0 Å². The molecule has 5 nitrogen and oxygen atoms in total. The van der Waals surface area contributed by atoms with Gasteiger partial charge in [-0.3, -0.25) is 4.98 Å². The molecule has 0 aliphatic heterocycles. The number of benzene rings is 5. The molecule has 0 radical (unpaired) electrons. The third-order valence-electron chi connectivity index (χ3n) is 9.21. The Morgan fingerprint density at radius 1 is 0.653 bits per heavy atom. The Kier molecular flexibility index (Phi) is 6.76. The number of allylic oxidation sites excluding steroid dienone is 2. The van der Waals surface area contributed by atoms with E-state index < -0.39 is 0 Å². The predicted molar refractivity (Wildman–Crippen MR) is 202 cm³/mol. The van der Waals surface area contributed by atoms with E-state index in [2.05, 4.69) is 109 Å². The lowest BCUT2D eigenvalue weighted by Crippen LogP contribution is -1.98. The number of hydrogen-bond donors (Lipinski definition) is 0. The van der Waals surface area contributed by atoms with Crippen LogP contribution in [0.4, 0.5) is 0 Å². The lowest BCUT2D eigenvalue weighted by molar-refractivity contribution is 0.667. The minimum absolute atomic E-state index is 0.664. The molecular formula is C44H30N4O. The minimum atomic E-state index is 0.664. The zero-order chi connectivity index (χ0) is 32.9. The molecule has 9 rings (SSSR count). The maximum absolute atomic E-state index is 6.79. The number of furan rings is 1. The summed E-state index contributed by atoms with van der Waals surface area (Å²) in [5.41, 5.74) is 12.3. The predicted octanol–water partition coefficient (Wildman–Crippen LogP) is 11.4. The summed E-state index contributed by atoms with van der Waals surface area (Å²) in [4.78, 5) is 15.1. The van der Waals surface area contributed by atoms with Crippen LogP contribution in [0.2, 0.25) is 0 Å². The van der Waals surface area contributed by atoms with Crippen molar-refractivity contribution < 1.29 is 4.42 Å². The number of para-hydroxylation sites is 1. The number of pyridine rings is 1. The van der Waals surface area contributed by atoms with Crippen molar-refractivity contribution >= 4 is 50.0 Å². The lowest BCUT2D eigenvalue weighted by Gasteiger charge is -2.12. The number of aryl methyl sites for hydroxylation is 1. The molecule has 4 heterocycles. The highest BCUT2D eigenvalue weighted by atomic mass is 16.3. The summed E-state index contributed by atoms with van der Waals surface area (Å²) >= 11 is 0. The van der Waals surface area contributed by atoms with Crippen LogP contribution in [-0.4, -0.2) is 19.5 Å². The average molecular weight is 631 g/mol. The van der Waals surface area contributed by atoms with Crippen LogP contribution in [0.1, 0.15) is 11.1 Å². The summed E-state index contributed by atoms with van der Waals surface area (Å²) in [7, 11) is 0. The second kappa shape index (κ2) is 11.6. The zero-order valence-electron chi connectivity index (χ0n) is 26.8. The molecule has 0 bridgehead atoms. The molecule has 5 aromatic carbocycles. The van der Waals surface area contributed by atoms with Gasteiger partial charge in [0.15, 0.2) is 17.0 Å². The van der Waals surface area contributed by atoms with Crippen LogP contribution in [0.3, 0.4) is 0 Å². The summed E-state index contributed by atoms with van der Waals surface area (Å²) in [5, 5.41) is 3.25. The highest BCUT2D eigenvalue weighted by Crippen LogP contribution is 2.41. The molecule has 0 N–H and O–H groups in total. The largest absolute Gasteiger partial charge is 0.452 e. The molecule has 0 atom stereocenters. The molecule has 0 spiro atoms. The first kappa shape index (κ1) is 28.6. The first-order valence-electron chi connectivity index (χ1n) is 16.3. The summed E-state index contributed by atoms with van der Waals surface area (Å²) < 4.78 is 9.08. The molecule has 49 heavy (non-hydrogen) atoms. The Morgan fingerprint density at radius 2 is 1.33 bits per heavy atom. The van der Waals surface area contributed by atoms with E-state index in [1.165, 1.54) is 0 Å². The molecule has 0 amide bonds. The molecule has 9 aromatic rings. The molecule has 232 valence electrons. The standard InChI is InChI=1S/C44H30N4O/c1-3-4-14-32-27-45-40-36-24-23-35-34-21-11-12-22-39(34)48(41(35)43(36)49-42(40)28(32)2)33-20-13-19-31(25-33)44-46-37(29-15-7-5-8-16-29)26-38(47-44)30-17-9-6-10-18-30/h3-27H,1H2,2H3/b14-4-. The number of hydrogen-bond acceptors (Lipinski definition) is 4. The van der Waals surface area contributed by atoms with Gasteiger partial charge in [0, 0.05) is 50.3 Å². The van der Waals surface area contributed by atoms with Crippen LogP contribution >= 0.6 is 0 Å². The third kappa shape index (κ3) is 4.75. The molecule has 0 saturated carbocycles. The Labute approximate surface area is 283 Å². The summed E-state index contributed by atoms with van der Waals surface area (Å²) in [6, 6.07) is 43.9. The molecule has 5 heteroatoms. The Balaban J connectivity index is 1.29. The van der Waals surface area contributed by atoms with Crippen LogP contribution in [0.15, 0.2) is 157 Å². The van der Waals surface area contributed by atoms with E-state index in [0.717, 1.165) is 88.8 Å². The van der Waals surface area contributed by atoms with E-state index in [0.29, 0.717) is 5.82 Å². The van der Waals surface area contributed by atoms with Gasteiger partial charge in [-0.05, 0) is 42.8 Å². The van der Waals surface area contributed by atoms with Crippen molar-refractivity contribution in [1.82, 2.24) is 19.5 Å². The fraction of sp³-hybridized carbons (Fsp3) is 0.0227. The maximum atomic E-state index is 6.79. The number of rotatable bonds is 6. The van der Waals surface area contributed by atoms with Crippen molar-refractivity contribution in [1.29, 1.82) is 0 Å². The van der Waals surface area contributed by atoms with Crippen LogP contribution in [0, 0.1) is 6.92 Å². The summed E-state index contributed by atoms with van der Waals surface area (Å²) in [6.07, 6.45) is 7.61. The van der Waals surface area contributed by atoms with Gasteiger partial charge in [-0.15, -0.1) is 0 Å². The van der Waals surface area contributed by atoms with Crippen molar-refractivity contribution in [3.8, 4) is 39.6 Å². The molecule has 4 aromatic heterocycles. The third-order valence-corrected chi connectivity index (χ3v) is 9.21. The summed E-state index contributed by atoms with van der Waals surface area (Å²) in [6.45, 7) is 5.90. The minimum Gasteiger partial charge on any atom is -0.452 e. The molecular weight excluding hydrogens is 601 g/mol. The van der Waals surface area contributed by atoms with Crippen LogP contribution < -0.4 is 0 Å². The van der Waals surface area contributed by atoms with Crippen molar-refractivity contribution in [3.63, 3.8) is 0 Å². The Bertz CT molecular complexity index is 2680. The number of fused-ring (bicyclic) bond motifs is 7. The molecule has 0 aliphatic rings. The van der Waals surface area contributed by atoms with Gasteiger partial charge in [0.2, 0.25) is 0 Å². The van der Waals surface area contributed by atoms with E-state index in [4.69, 9.17) is 19.4 Å². The highest BCUT2D eigenvalue weighted by Gasteiger charge is 2.21. The van der Waals surface area contributed by atoms with Gasteiger partial charge in [0.25, 0.3) is 0 Å². The SMILES string of the molecule is C=C/C=C\c1cnc2c(oc3c2ccc2c4ccccc4n(-c4cccc(-c5nc(-c6ccccc6)cc(-c6ccccc6)n5)c4)c23)c1C. The smallest absolute Gasteiger partial charge is 0.161 e.